The monoisotopic (exact) mass is 190 g/mol. The number of hydrogen-bond acceptors (Lipinski definition) is 1. The summed E-state index contributed by atoms with van der Waals surface area (Å²) in [6.07, 6.45) is 0. The highest BCUT2D eigenvalue weighted by Crippen LogP contribution is 2.29. The molecule has 0 N–H and O–H groups in total. The van der Waals surface area contributed by atoms with E-state index in [0.717, 1.165) is 19.2 Å². The van der Waals surface area contributed by atoms with Crippen LogP contribution < -0.4 is 0 Å². The number of halogens is 3. The molecule has 0 radical (unpaired) electrons. The van der Waals surface area contributed by atoms with E-state index in [-0.39, 0.29) is 0 Å². The van der Waals surface area contributed by atoms with E-state index >= 15 is 0 Å². The maximum atomic E-state index is 13.1. The van der Waals surface area contributed by atoms with E-state index < -0.39 is 23.9 Å². The Morgan fingerprint density at radius 2 is 1.92 bits per heavy atom. The van der Waals surface area contributed by atoms with Gasteiger partial charge in [0.25, 0.3) is 5.92 Å². The van der Waals surface area contributed by atoms with E-state index in [2.05, 4.69) is 4.74 Å². The maximum absolute atomic E-state index is 13.1. The van der Waals surface area contributed by atoms with Gasteiger partial charge in [-0.15, -0.1) is 0 Å². The quantitative estimate of drug-likeness (QED) is 0.711. The minimum Gasteiger partial charge on any atom is -0.378 e. The summed E-state index contributed by atoms with van der Waals surface area (Å²) in [5.41, 5.74) is -0.628. The summed E-state index contributed by atoms with van der Waals surface area (Å²) >= 11 is 0. The predicted molar refractivity (Wildman–Crippen MR) is 42.2 cm³/mol. The van der Waals surface area contributed by atoms with Gasteiger partial charge in [-0.3, -0.25) is 0 Å². The van der Waals surface area contributed by atoms with Crippen LogP contribution in [0.2, 0.25) is 0 Å². The van der Waals surface area contributed by atoms with Crippen LogP contribution in [0.25, 0.3) is 0 Å². The van der Waals surface area contributed by atoms with Crippen LogP contribution in [0.3, 0.4) is 0 Å². The van der Waals surface area contributed by atoms with Gasteiger partial charge in [-0.05, 0) is 12.1 Å². The van der Waals surface area contributed by atoms with Crippen molar-refractivity contribution in [2.45, 2.75) is 5.92 Å². The zero-order valence-electron chi connectivity index (χ0n) is 7.06. The molecule has 1 aromatic carbocycles. The van der Waals surface area contributed by atoms with Gasteiger partial charge >= 0.3 is 0 Å². The average Bonchev–Trinajstić information content (AvgIpc) is 2.04. The van der Waals surface area contributed by atoms with Crippen LogP contribution >= 0.6 is 0 Å². The Balaban J connectivity index is 2.99. The highest BCUT2D eigenvalue weighted by Gasteiger charge is 2.34. The lowest BCUT2D eigenvalue weighted by Gasteiger charge is -2.15. The molecule has 72 valence electrons. The van der Waals surface area contributed by atoms with E-state index in [4.69, 9.17) is 0 Å². The van der Waals surface area contributed by atoms with E-state index in [9.17, 15) is 13.2 Å². The van der Waals surface area contributed by atoms with Crippen molar-refractivity contribution in [2.24, 2.45) is 0 Å². The average molecular weight is 190 g/mol. The van der Waals surface area contributed by atoms with Gasteiger partial charge in [-0.2, -0.15) is 8.78 Å². The zero-order chi connectivity index (χ0) is 9.90. The smallest absolute Gasteiger partial charge is 0.298 e. The Kier molecular flexibility index (Phi) is 2.93. The summed E-state index contributed by atoms with van der Waals surface area (Å²) in [5, 5.41) is 0. The molecule has 0 saturated carbocycles. The van der Waals surface area contributed by atoms with Crippen molar-refractivity contribution in [1.29, 1.82) is 0 Å². The van der Waals surface area contributed by atoms with Gasteiger partial charge in [0.2, 0.25) is 0 Å². The van der Waals surface area contributed by atoms with E-state index in [1.165, 1.54) is 12.1 Å². The Labute approximate surface area is 74.1 Å². The van der Waals surface area contributed by atoms with Gasteiger partial charge < -0.3 is 4.74 Å². The minimum absolute atomic E-state index is 0.628. The van der Waals surface area contributed by atoms with Crippen LogP contribution in [0, 0.1) is 5.82 Å². The number of methoxy groups -OCH3 is 1. The normalized spacial score (nSPS) is 11.7. The lowest BCUT2D eigenvalue weighted by atomic mass is 10.1. The van der Waals surface area contributed by atoms with E-state index in [1.807, 2.05) is 0 Å². The summed E-state index contributed by atoms with van der Waals surface area (Å²) in [5.74, 6) is -4.18. The maximum Gasteiger partial charge on any atom is 0.298 e. The number of hydrogen-bond donors (Lipinski definition) is 0. The van der Waals surface area contributed by atoms with Crippen molar-refractivity contribution in [1.82, 2.24) is 0 Å². The highest BCUT2D eigenvalue weighted by molar-refractivity contribution is 5.22. The fourth-order valence-corrected chi connectivity index (χ4v) is 1.02. The molecule has 0 saturated heterocycles. The second kappa shape index (κ2) is 3.79. The molecular formula is C9H9F3O. The van der Waals surface area contributed by atoms with Gasteiger partial charge in [-0.25, -0.2) is 4.39 Å². The zero-order valence-corrected chi connectivity index (χ0v) is 7.06. The largest absolute Gasteiger partial charge is 0.378 e. The number of benzene rings is 1. The van der Waals surface area contributed by atoms with Gasteiger partial charge in [0.15, 0.2) is 0 Å². The van der Waals surface area contributed by atoms with E-state index in [0.29, 0.717) is 0 Å². The molecule has 0 aliphatic heterocycles. The summed E-state index contributed by atoms with van der Waals surface area (Å²) in [7, 11) is 1.15. The SMILES string of the molecule is COCC(F)(F)c1ccccc1F. The molecule has 0 fully saturated rings. The molecule has 13 heavy (non-hydrogen) atoms. The molecule has 0 aliphatic rings. The van der Waals surface area contributed by atoms with Crippen molar-refractivity contribution in [3.8, 4) is 0 Å². The summed E-state index contributed by atoms with van der Waals surface area (Å²) in [4.78, 5) is 0. The standard InChI is InChI=1S/C9H9F3O/c1-13-6-9(11,12)7-4-2-3-5-8(7)10/h2-5H,6H2,1H3. The Morgan fingerprint density at radius 1 is 1.31 bits per heavy atom. The van der Waals surface area contributed by atoms with Gasteiger partial charge in [0.1, 0.15) is 12.4 Å². The first-order valence-electron chi connectivity index (χ1n) is 3.69. The van der Waals surface area contributed by atoms with Crippen LogP contribution in [-0.2, 0) is 10.7 Å². The minimum atomic E-state index is -3.26. The summed E-state index contributed by atoms with van der Waals surface area (Å²) in [6, 6.07) is 4.77. The molecule has 0 aliphatic carbocycles. The summed E-state index contributed by atoms with van der Waals surface area (Å²) < 4.78 is 43.3. The Bertz CT molecular complexity index is 286. The molecule has 0 bridgehead atoms. The summed E-state index contributed by atoms with van der Waals surface area (Å²) in [6.45, 7) is -0.812. The van der Waals surface area contributed by atoms with Gasteiger partial charge in [-0.1, -0.05) is 12.1 Å². The molecule has 0 aromatic heterocycles. The lowest BCUT2D eigenvalue weighted by Crippen LogP contribution is -2.21. The first kappa shape index (κ1) is 10.1. The first-order valence-corrected chi connectivity index (χ1v) is 3.69. The van der Waals surface area contributed by atoms with Gasteiger partial charge in [0.05, 0.1) is 5.56 Å². The van der Waals surface area contributed by atoms with Crippen LogP contribution in [0.4, 0.5) is 13.2 Å². The molecule has 1 rings (SSSR count). The number of rotatable bonds is 3. The van der Waals surface area contributed by atoms with Crippen LogP contribution in [0.5, 0.6) is 0 Å². The Morgan fingerprint density at radius 3 is 2.46 bits per heavy atom. The topological polar surface area (TPSA) is 9.23 Å². The van der Waals surface area contributed by atoms with Crippen molar-refractivity contribution in [3.05, 3.63) is 35.6 Å². The van der Waals surface area contributed by atoms with Crippen molar-refractivity contribution < 1.29 is 17.9 Å². The van der Waals surface area contributed by atoms with Crippen LogP contribution in [0.1, 0.15) is 5.56 Å². The fourth-order valence-electron chi connectivity index (χ4n) is 1.02. The molecule has 0 spiro atoms. The lowest BCUT2D eigenvalue weighted by molar-refractivity contribution is -0.0721. The van der Waals surface area contributed by atoms with Crippen molar-refractivity contribution in [3.63, 3.8) is 0 Å². The molecular weight excluding hydrogens is 181 g/mol. The molecule has 1 aromatic rings. The van der Waals surface area contributed by atoms with Crippen LogP contribution in [0.15, 0.2) is 24.3 Å². The van der Waals surface area contributed by atoms with Crippen molar-refractivity contribution >= 4 is 0 Å². The Hall–Kier alpha value is -1.03. The fraction of sp³-hybridized carbons (Fsp3) is 0.333. The molecule has 0 atom stereocenters. The molecule has 1 nitrogen and oxygen atoms in total. The van der Waals surface area contributed by atoms with Gasteiger partial charge in [0, 0.05) is 7.11 Å². The van der Waals surface area contributed by atoms with E-state index in [1.54, 1.807) is 0 Å². The number of alkyl halides is 2. The molecule has 0 amide bonds. The molecule has 0 heterocycles. The highest BCUT2D eigenvalue weighted by atomic mass is 19.3. The third kappa shape index (κ3) is 2.21. The van der Waals surface area contributed by atoms with Crippen molar-refractivity contribution in [2.75, 3.05) is 13.7 Å². The molecule has 4 heteroatoms. The van der Waals surface area contributed by atoms with Crippen LogP contribution in [-0.4, -0.2) is 13.7 Å². The second-order valence-corrected chi connectivity index (χ2v) is 2.62. The predicted octanol–water partition coefficient (Wildman–Crippen LogP) is 2.56. The third-order valence-electron chi connectivity index (χ3n) is 1.59. The molecule has 0 unspecified atom stereocenters. The third-order valence-corrected chi connectivity index (χ3v) is 1.59. The second-order valence-electron chi connectivity index (χ2n) is 2.62. The first-order chi connectivity index (χ1) is 6.08. The number of ether oxygens (including phenoxy) is 1.